The van der Waals surface area contributed by atoms with Crippen molar-refractivity contribution < 1.29 is 19.7 Å². The number of rotatable bonds is 3. The van der Waals surface area contributed by atoms with Gasteiger partial charge in [0.25, 0.3) is 0 Å². The van der Waals surface area contributed by atoms with Crippen LogP contribution in [0.4, 0.5) is 0 Å². The number of aliphatic hydroxyl groups excluding tert-OH is 1. The van der Waals surface area contributed by atoms with Gasteiger partial charge in [0.1, 0.15) is 5.75 Å². The lowest BCUT2D eigenvalue weighted by Gasteiger charge is -2.23. The van der Waals surface area contributed by atoms with Gasteiger partial charge in [-0.05, 0) is 31.5 Å². The summed E-state index contributed by atoms with van der Waals surface area (Å²) in [6, 6.07) is 5.68. The molecule has 0 spiro atoms. The minimum Gasteiger partial charge on any atom is -0.494 e. The molecule has 0 amide bonds. The third kappa shape index (κ3) is 2.04. The lowest BCUT2D eigenvalue weighted by molar-refractivity contribution is -0.143. The van der Waals surface area contributed by atoms with Crippen LogP contribution in [0.3, 0.4) is 0 Å². The van der Waals surface area contributed by atoms with Crippen molar-refractivity contribution in [2.75, 3.05) is 6.61 Å². The molecule has 5 nitrogen and oxygen atoms in total. The minimum absolute atomic E-state index is 0.258. The van der Waals surface area contributed by atoms with Crippen LogP contribution in [-0.4, -0.2) is 27.8 Å². The molecular weight excluding hydrogens is 258 g/mol. The molecule has 20 heavy (non-hydrogen) atoms. The largest absolute Gasteiger partial charge is 0.494 e. The predicted molar refractivity (Wildman–Crippen MR) is 73.9 cm³/mol. The zero-order chi connectivity index (χ0) is 14.3. The maximum absolute atomic E-state index is 11.1. The topological polar surface area (TPSA) is 82.5 Å². The lowest BCUT2D eigenvalue weighted by atomic mass is 9.85. The third-order valence-electron chi connectivity index (χ3n) is 3.84. The zero-order valence-corrected chi connectivity index (χ0v) is 11.2. The van der Waals surface area contributed by atoms with Crippen molar-refractivity contribution in [3.63, 3.8) is 0 Å². The van der Waals surface area contributed by atoms with Gasteiger partial charge in [0.05, 0.1) is 18.6 Å². The van der Waals surface area contributed by atoms with E-state index in [0.29, 0.717) is 13.0 Å². The van der Waals surface area contributed by atoms with Crippen LogP contribution in [0.2, 0.25) is 0 Å². The quantitative estimate of drug-likeness (QED) is 0.802. The van der Waals surface area contributed by atoms with Gasteiger partial charge < -0.3 is 19.9 Å². The van der Waals surface area contributed by atoms with E-state index in [1.54, 1.807) is 0 Å². The number of aromatic nitrogens is 1. The normalized spacial score (nSPS) is 21.7. The molecule has 3 rings (SSSR count). The Balaban J connectivity index is 2.08. The Morgan fingerprint density at radius 3 is 3.00 bits per heavy atom. The summed E-state index contributed by atoms with van der Waals surface area (Å²) < 4.78 is 5.48. The van der Waals surface area contributed by atoms with Gasteiger partial charge in [0, 0.05) is 28.6 Å². The maximum Gasteiger partial charge on any atom is 0.306 e. The lowest BCUT2D eigenvalue weighted by Crippen LogP contribution is -2.24. The van der Waals surface area contributed by atoms with Crippen LogP contribution in [0, 0.1) is 5.92 Å². The summed E-state index contributed by atoms with van der Waals surface area (Å²) in [5, 5.41) is 20.3. The first-order valence-corrected chi connectivity index (χ1v) is 6.78. The highest BCUT2D eigenvalue weighted by Crippen LogP contribution is 2.39. The van der Waals surface area contributed by atoms with E-state index >= 15 is 0 Å². The number of nitrogens with one attached hydrogen (secondary N) is 1. The van der Waals surface area contributed by atoms with Gasteiger partial charge in [-0.1, -0.05) is 0 Å². The first kappa shape index (κ1) is 13.0. The van der Waals surface area contributed by atoms with E-state index in [2.05, 4.69) is 4.98 Å². The highest BCUT2D eigenvalue weighted by molar-refractivity contribution is 5.87. The number of hydrogen-bond donors (Lipinski definition) is 3. The number of aromatic amines is 1. The summed E-state index contributed by atoms with van der Waals surface area (Å²) in [6.07, 6.45) is -0.0559. The fourth-order valence-electron chi connectivity index (χ4n) is 2.95. The van der Waals surface area contributed by atoms with Gasteiger partial charge in [-0.15, -0.1) is 0 Å². The molecule has 2 aromatic rings. The standard InChI is InChI=1S/C15H17NO4/c1-2-20-9-3-4-11-10(7-9)14-12(16-11)5-8(15(18)19)6-13(14)17/h3-4,7-8,13,16-17H,2,5-6H2,1H3,(H,18,19). The van der Waals surface area contributed by atoms with Crippen molar-refractivity contribution >= 4 is 16.9 Å². The molecule has 0 fully saturated rings. The Morgan fingerprint density at radius 2 is 2.30 bits per heavy atom. The second kappa shape index (κ2) is 4.83. The van der Waals surface area contributed by atoms with Gasteiger partial charge in [-0.25, -0.2) is 0 Å². The Kier molecular flexibility index (Phi) is 3.14. The molecule has 5 heteroatoms. The molecule has 2 unspecified atom stereocenters. The van der Waals surface area contributed by atoms with Crippen molar-refractivity contribution in [2.45, 2.75) is 25.9 Å². The van der Waals surface area contributed by atoms with Crippen LogP contribution in [0.25, 0.3) is 10.9 Å². The smallest absolute Gasteiger partial charge is 0.306 e. The number of carboxylic acids is 1. The Morgan fingerprint density at radius 1 is 1.50 bits per heavy atom. The van der Waals surface area contributed by atoms with E-state index in [0.717, 1.165) is 27.9 Å². The number of benzene rings is 1. The second-order valence-electron chi connectivity index (χ2n) is 5.15. The minimum atomic E-state index is -0.858. The summed E-state index contributed by atoms with van der Waals surface area (Å²) in [4.78, 5) is 14.3. The number of aliphatic hydroxyl groups is 1. The zero-order valence-electron chi connectivity index (χ0n) is 11.2. The molecule has 0 saturated carbocycles. The van der Waals surface area contributed by atoms with Crippen LogP contribution in [0.5, 0.6) is 5.75 Å². The molecule has 0 aliphatic heterocycles. The number of aliphatic carboxylic acids is 1. The van der Waals surface area contributed by atoms with E-state index in [1.807, 2.05) is 25.1 Å². The average Bonchev–Trinajstić information content (AvgIpc) is 2.77. The first-order valence-electron chi connectivity index (χ1n) is 6.78. The van der Waals surface area contributed by atoms with Crippen LogP contribution >= 0.6 is 0 Å². The highest BCUT2D eigenvalue weighted by Gasteiger charge is 2.32. The monoisotopic (exact) mass is 275 g/mol. The van der Waals surface area contributed by atoms with Crippen LogP contribution in [0.1, 0.15) is 30.7 Å². The Labute approximate surface area is 116 Å². The molecule has 3 N–H and O–H groups in total. The number of carboxylic acid groups (broad SMARTS) is 1. The fourth-order valence-corrected chi connectivity index (χ4v) is 2.95. The van der Waals surface area contributed by atoms with E-state index in [-0.39, 0.29) is 6.42 Å². The van der Waals surface area contributed by atoms with Crippen LogP contribution < -0.4 is 4.74 Å². The molecule has 2 atom stereocenters. The molecule has 1 aliphatic rings. The van der Waals surface area contributed by atoms with Crippen molar-refractivity contribution in [3.8, 4) is 5.75 Å². The van der Waals surface area contributed by atoms with Crippen molar-refractivity contribution in [3.05, 3.63) is 29.5 Å². The molecule has 1 heterocycles. The Bertz CT molecular complexity index is 661. The summed E-state index contributed by atoms with van der Waals surface area (Å²) >= 11 is 0. The Hall–Kier alpha value is -2.01. The van der Waals surface area contributed by atoms with E-state index in [1.165, 1.54) is 0 Å². The second-order valence-corrected chi connectivity index (χ2v) is 5.15. The van der Waals surface area contributed by atoms with Crippen molar-refractivity contribution in [1.82, 2.24) is 4.98 Å². The van der Waals surface area contributed by atoms with Crippen molar-refractivity contribution in [1.29, 1.82) is 0 Å². The van der Waals surface area contributed by atoms with Gasteiger partial charge in [0.2, 0.25) is 0 Å². The molecule has 1 aromatic carbocycles. The van der Waals surface area contributed by atoms with E-state index < -0.39 is 18.0 Å². The average molecular weight is 275 g/mol. The third-order valence-corrected chi connectivity index (χ3v) is 3.84. The van der Waals surface area contributed by atoms with Crippen LogP contribution in [-0.2, 0) is 11.2 Å². The predicted octanol–water partition coefficient (Wildman–Crippen LogP) is 2.25. The summed E-state index contributed by atoms with van der Waals surface area (Å²) in [6.45, 7) is 2.50. The van der Waals surface area contributed by atoms with E-state index in [4.69, 9.17) is 9.84 Å². The van der Waals surface area contributed by atoms with Gasteiger partial charge in [-0.2, -0.15) is 0 Å². The number of H-pyrrole nitrogens is 1. The highest BCUT2D eigenvalue weighted by atomic mass is 16.5. The fraction of sp³-hybridized carbons (Fsp3) is 0.400. The first-order chi connectivity index (χ1) is 9.60. The summed E-state index contributed by atoms with van der Waals surface area (Å²) in [5.74, 6) is -0.630. The van der Waals surface area contributed by atoms with Gasteiger partial charge in [0.15, 0.2) is 0 Å². The number of ether oxygens (including phenoxy) is 1. The molecule has 0 saturated heterocycles. The van der Waals surface area contributed by atoms with Gasteiger partial charge >= 0.3 is 5.97 Å². The number of carbonyl (C=O) groups is 1. The molecule has 1 aliphatic carbocycles. The number of hydrogen-bond acceptors (Lipinski definition) is 3. The summed E-state index contributed by atoms with van der Waals surface area (Å²) in [5.41, 5.74) is 2.54. The molecule has 0 bridgehead atoms. The maximum atomic E-state index is 11.1. The van der Waals surface area contributed by atoms with Crippen molar-refractivity contribution in [2.24, 2.45) is 5.92 Å². The molecule has 1 aromatic heterocycles. The SMILES string of the molecule is CCOc1ccc2[nH]c3c(c2c1)C(O)CC(C(=O)O)C3. The summed E-state index contributed by atoms with van der Waals surface area (Å²) in [7, 11) is 0. The van der Waals surface area contributed by atoms with Gasteiger partial charge in [-0.3, -0.25) is 4.79 Å². The molecule has 106 valence electrons. The number of fused-ring (bicyclic) bond motifs is 3. The molecular formula is C15H17NO4. The van der Waals surface area contributed by atoms with E-state index in [9.17, 15) is 9.90 Å². The molecule has 0 radical (unpaired) electrons. The van der Waals surface area contributed by atoms with Crippen LogP contribution in [0.15, 0.2) is 18.2 Å².